The van der Waals surface area contributed by atoms with Crippen molar-refractivity contribution in [3.8, 4) is 0 Å². The molecule has 0 unspecified atom stereocenters. The molecule has 0 saturated heterocycles. The lowest BCUT2D eigenvalue weighted by molar-refractivity contribution is -0.192. The molecule has 186 valence electrons. The van der Waals surface area contributed by atoms with Crippen LogP contribution in [0.15, 0.2) is 29.0 Å². The lowest BCUT2D eigenvalue weighted by Crippen LogP contribution is -2.40. The zero-order valence-corrected chi connectivity index (χ0v) is 20.4. The minimum atomic E-state index is -5.08. The van der Waals surface area contributed by atoms with Gasteiger partial charge in [0.15, 0.2) is 0 Å². The van der Waals surface area contributed by atoms with Gasteiger partial charge in [-0.1, -0.05) is 0 Å². The number of carboxylic acid groups (broad SMARTS) is 1. The Morgan fingerprint density at radius 1 is 1.09 bits per heavy atom. The first-order chi connectivity index (χ1) is 15.8. The third-order valence-electron chi connectivity index (χ3n) is 4.91. The van der Waals surface area contributed by atoms with Gasteiger partial charge in [0.2, 0.25) is 0 Å². The monoisotopic (exact) mass is 546 g/mol. The second-order valence-electron chi connectivity index (χ2n) is 7.91. The second kappa shape index (κ2) is 12.0. The number of alkyl halides is 3. The van der Waals surface area contributed by atoms with Crippen LogP contribution in [-0.2, 0) is 4.79 Å². The molecule has 1 aliphatic rings. The number of rotatable bonds is 5. The van der Waals surface area contributed by atoms with Crippen molar-refractivity contribution in [1.29, 1.82) is 0 Å². The molecule has 3 N–H and O–H groups in total. The van der Waals surface area contributed by atoms with Gasteiger partial charge in [-0.3, -0.25) is 9.78 Å². The molecule has 0 bridgehead atoms. The number of carbonyl (C=O) groups is 2. The summed E-state index contributed by atoms with van der Waals surface area (Å²) in [5, 5.41) is 13.8. The van der Waals surface area contributed by atoms with E-state index in [-0.39, 0.29) is 11.9 Å². The largest absolute Gasteiger partial charge is 0.490 e. The van der Waals surface area contributed by atoms with Crippen LogP contribution in [0.1, 0.15) is 41.9 Å². The average Bonchev–Trinajstić information content (AvgIpc) is 2.74. The molecule has 13 heteroatoms. The van der Waals surface area contributed by atoms with Crippen LogP contribution >= 0.6 is 15.9 Å². The Balaban J connectivity index is 0.000000509. The minimum absolute atomic E-state index is 0.0674. The number of hydrogen-bond acceptors (Lipinski definition) is 7. The molecule has 9 nitrogen and oxygen atoms in total. The fourth-order valence-corrected chi connectivity index (χ4v) is 3.62. The van der Waals surface area contributed by atoms with Crippen molar-refractivity contribution in [3.63, 3.8) is 0 Å². The van der Waals surface area contributed by atoms with E-state index in [0.29, 0.717) is 11.6 Å². The van der Waals surface area contributed by atoms with E-state index >= 15 is 0 Å². The van der Waals surface area contributed by atoms with Gasteiger partial charge in [0, 0.05) is 49.1 Å². The number of aliphatic carboxylic acids is 1. The van der Waals surface area contributed by atoms with Crippen molar-refractivity contribution >= 4 is 39.4 Å². The van der Waals surface area contributed by atoms with E-state index in [0.717, 1.165) is 47.6 Å². The van der Waals surface area contributed by atoms with Gasteiger partial charge in [-0.25, -0.2) is 14.8 Å². The maximum absolute atomic E-state index is 12.4. The molecule has 1 aliphatic carbocycles. The first kappa shape index (κ1) is 27.3. The first-order valence-electron chi connectivity index (χ1n) is 10.4. The fourth-order valence-electron chi connectivity index (χ4n) is 3.25. The highest BCUT2D eigenvalue weighted by Crippen LogP contribution is 2.23. The Hall–Kier alpha value is -2.96. The molecule has 0 radical (unpaired) electrons. The summed E-state index contributed by atoms with van der Waals surface area (Å²) in [7, 11) is 3.94. The van der Waals surface area contributed by atoms with Crippen molar-refractivity contribution in [2.75, 3.05) is 24.3 Å². The lowest BCUT2D eigenvalue weighted by Gasteiger charge is -2.30. The maximum Gasteiger partial charge on any atom is 0.490 e. The maximum atomic E-state index is 12.4. The molecule has 0 atom stereocenters. The zero-order valence-electron chi connectivity index (χ0n) is 18.9. The van der Waals surface area contributed by atoms with Crippen molar-refractivity contribution in [2.45, 2.75) is 50.9 Å². The van der Waals surface area contributed by atoms with E-state index < -0.39 is 12.1 Å². The highest BCUT2D eigenvalue weighted by Gasteiger charge is 2.38. The summed E-state index contributed by atoms with van der Waals surface area (Å²) < 4.78 is 32.5. The normalized spacial score (nSPS) is 17.7. The zero-order chi connectivity index (χ0) is 25.5. The SMILES string of the molecule is Cc1nc(N[C@H]2CC[C@@H](NC(=O)c3cncc(Br)c3)CC2)cc(N(C)C)n1.O=C(O)C(F)(F)F. The van der Waals surface area contributed by atoms with E-state index in [1.165, 1.54) is 0 Å². The van der Waals surface area contributed by atoms with E-state index in [9.17, 15) is 18.0 Å². The van der Waals surface area contributed by atoms with Gasteiger partial charge >= 0.3 is 12.1 Å². The standard InChI is InChI=1S/C19H25BrN6O.C2HF3O2/c1-12-22-17(9-18(23-12)26(2)3)24-15-4-6-16(7-5-15)25-19(27)13-8-14(20)11-21-10-13;3-2(4,5)1(6)7/h8-11,15-16H,4-7H2,1-3H3,(H,25,27)(H,22,23,24);(H,6,7)/t15-,16+;. The number of carbonyl (C=O) groups excluding carboxylic acids is 1. The lowest BCUT2D eigenvalue weighted by atomic mass is 9.91. The Bertz CT molecular complexity index is 998. The third kappa shape index (κ3) is 8.76. The number of anilines is 2. The number of amides is 1. The molecule has 1 amide bonds. The van der Waals surface area contributed by atoms with Crippen LogP contribution in [0.2, 0.25) is 0 Å². The van der Waals surface area contributed by atoms with Crippen LogP contribution in [0.3, 0.4) is 0 Å². The predicted molar refractivity (Wildman–Crippen MR) is 124 cm³/mol. The number of hydrogen-bond donors (Lipinski definition) is 3. The third-order valence-corrected chi connectivity index (χ3v) is 5.34. The Labute approximate surface area is 203 Å². The highest BCUT2D eigenvalue weighted by molar-refractivity contribution is 9.10. The average molecular weight is 547 g/mol. The fraction of sp³-hybridized carbons (Fsp3) is 0.476. The van der Waals surface area contributed by atoms with Crippen molar-refractivity contribution in [1.82, 2.24) is 20.3 Å². The Morgan fingerprint density at radius 2 is 1.68 bits per heavy atom. The van der Waals surface area contributed by atoms with E-state index in [1.807, 2.05) is 32.0 Å². The molecule has 3 rings (SSSR count). The van der Waals surface area contributed by atoms with Crippen molar-refractivity contribution in [2.24, 2.45) is 0 Å². The van der Waals surface area contributed by atoms with Crippen molar-refractivity contribution < 1.29 is 27.9 Å². The Kier molecular flexibility index (Phi) is 9.59. The first-order valence-corrected chi connectivity index (χ1v) is 11.2. The molecule has 2 aromatic rings. The van der Waals surface area contributed by atoms with Crippen LogP contribution in [-0.4, -0.2) is 64.3 Å². The van der Waals surface area contributed by atoms with Crippen LogP contribution in [0.4, 0.5) is 24.8 Å². The number of nitrogens with one attached hydrogen (secondary N) is 2. The second-order valence-corrected chi connectivity index (χ2v) is 8.83. The number of halogens is 4. The topological polar surface area (TPSA) is 120 Å². The summed E-state index contributed by atoms with van der Waals surface area (Å²) in [5.74, 6) is -0.311. The molecule has 0 spiro atoms. The number of aryl methyl sites for hydroxylation is 1. The van der Waals surface area contributed by atoms with Gasteiger partial charge in [-0.2, -0.15) is 13.2 Å². The van der Waals surface area contributed by atoms with Gasteiger partial charge in [0.05, 0.1) is 5.56 Å². The van der Waals surface area contributed by atoms with E-state index in [4.69, 9.17) is 9.90 Å². The quantitative estimate of drug-likeness (QED) is 0.518. The number of pyridine rings is 1. The molecular formula is C21H26BrF3N6O3. The van der Waals surface area contributed by atoms with E-state index in [1.54, 1.807) is 18.5 Å². The number of carboxylic acids is 1. The molecule has 2 aromatic heterocycles. The van der Waals surface area contributed by atoms with Gasteiger partial charge in [-0.15, -0.1) is 0 Å². The summed E-state index contributed by atoms with van der Waals surface area (Å²) in [6.07, 6.45) is 2.03. The smallest absolute Gasteiger partial charge is 0.475 e. The van der Waals surface area contributed by atoms with Crippen molar-refractivity contribution in [3.05, 3.63) is 40.4 Å². The summed E-state index contributed by atoms with van der Waals surface area (Å²) in [6, 6.07) is 4.31. The van der Waals surface area contributed by atoms with Gasteiger partial charge in [-0.05, 0) is 54.6 Å². The van der Waals surface area contributed by atoms with Crippen LogP contribution in [0, 0.1) is 6.92 Å². The molecular weight excluding hydrogens is 521 g/mol. The molecule has 0 aliphatic heterocycles. The van der Waals surface area contributed by atoms with Gasteiger partial charge < -0.3 is 20.6 Å². The molecule has 1 saturated carbocycles. The minimum Gasteiger partial charge on any atom is -0.475 e. The number of aromatic nitrogens is 3. The molecule has 0 aromatic carbocycles. The Morgan fingerprint density at radius 3 is 2.21 bits per heavy atom. The van der Waals surface area contributed by atoms with Gasteiger partial charge in [0.25, 0.3) is 5.91 Å². The van der Waals surface area contributed by atoms with Crippen LogP contribution in [0.5, 0.6) is 0 Å². The van der Waals surface area contributed by atoms with Crippen LogP contribution < -0.4 is 15.5 Å². The van der Waals surface area contributed by atoms with E-state index in [2.05, 4.69) is 41.5 Å². The highest BCUT2D eigenvalue weighted by atomic mass is 79.9. The summed E-state index contributed by atoms with van der Waals surface area (Å²) in [6.45, 7) is 1.90. The number of nitrogens with zero attached hydrogens (tertiary/aromatic N) is 4. The van der Waals surface area contributed by atoms with Gasteiger partial charge in [0.1, 0.15) is 17.5 Å². The molecule has 1 fully saturated rings. The van der Waals surface area contributed by atoms with Crippen LogP contribution in [0.25, 0.3) is 0 Å². The summed E-state index contributed by atoms with van der Waals surface area (Å²) in [4.78, 5) is 36.2. The molecule has 34 heavy (non-hydrogen) atoms. The summed E-state index contributed by atoms with van der Waals surface area (Å²) >= 11 is 3.35. The molecule has 2 heterocycles. The summed E-state index contributed by atoms with van der Waals surface area (Å²) in [5.41, 5.74) is 0.581. The predicted octanol–water partition coefficient (Wildman–Crippen LogP) is 3.79.